The maximum absolute atomic E-state index is 13.2. The van der Waals surface area contributed by atoms with E-state index in [-0.39, 0.29) is 11.3 Å². The topological polar surface area (TPSA) is 88.6 Å². The van der Waals surface area contributed by atoms with Gasteiger partial charge in [-0.1, -0.05) is 46.3 Å². The molecule has 0 aliphatic carbocycles. The van der Waals surface area contributed by atoms with Crippen LogP contribution in [0.5, 0.6) is 5.75 Å². The number of anilines is 3. The number of benzene rings is 3. The van der Waals surface area contributed by atoms with Crippen molar-refractivity contribution in [3.8, 4) is 17.0 Å². The van der Waals surface area contributed by atoms with Gasteiger partial charge < -0.3 is 4.74 Å². The van der Waals surface area contributed by atoms with Crippen LogP contribution in [0.1, 0.15) is 10.4 Å². The van der Waals surface area contributed by atoms with Crippen molar-refractivity contribution in [1.29, 1.82) is 0 Å². The Labute approximate surface area is 204 Å². The molecule has 3 aromatic carbocycles. The van der Waals surface area contributed by atoms with Crippen molar-refractivity contribution in [2.24, 2.45) is 0 Å². The Hall–Kier alpha value is -3.21. The second-order valence-corrected chi connectivity index (χ2v) is 9.42. The van der Waals surface area contributed by atoms with Crippen LogP contribution in [0, 0.1) is 0 Å². The summed E-state index contributed by atoms with van der Waals surface area (Å²) in [6, 6.07) is 21.0. The molecule has 0 bridgehead atoms. The van der Waals surface area contributed by atoms with Gasteiger partial charge in [-0.25, -0.2) is 17.7 Å². The SMILES string of the molecule is COc1ccc(C(=O)Nc2nc(-c3ccccc3)cs2)c(N(c2ccc(Br)cc2)[SH](=O)=O)c1. The summed E-state index contributed by atoms with van der Waals surface area (Å²) in [5, 5.41) is 5.03. The Kier molecular flexibility index (Phi) is 7.07. The van der Waals surface area contributed by atoms with Crippen LogP contribution < -0.4 is 14.4 Å². The third-order valence-corrected chi connectivity index (χ3v) is 6.77. The molecule has 0 saturated carbocycles. The third-order valence-electron chi connectivity index (χ3n) is 4.71. The number of hydrogen-bond acceptors (Lipinski definition) is 6. The average Bonchev–Trinajstić information content (AvgIpc) is 3.29. The first-order valence-corrected chi connectivity index (χ1v) is 12.5. The van der Waals surface area contributed by atoms with Crippen LogP contribution in [-0.2, 0) is 10.9 Å². The summed E-state index contributed by atoms with van der Waals surface area (Å²) >= 11 is 4.63. The van der Waals surface area contributed by atoms with Crippen LogP contribution in [0.3, 0.4) is 0 Å². The minimum absolute atomic E-state index is 0.161. The van der Waals surface area contributed by atoms with E-state index in [9.17, 15) is 13.2 Å². The Bertz CT molecular complexity index is 1350. The maximum atomic E-state index is 13.2. The molecular formula is C23H18BrN3O4S2. The van der Waals surface area contributed by atoms with Crippen LogP contribution in [0.15, 0.2) is 82.6 Å². The summed E-state index contributed by atoms with van der Waals surface area (Å²) in [5.74, 6) is -0.0679. The minimum atomic E-state index is -3.10. The fourth-order valence-electron chi connectivity index (χ4n) is 3.15. The molecule has 1 N–H and O–H groups in total. The first-order valence-electron chi connectivity index (χ1n) is 9.66. The van der Waals surface area contributed by atoms with Gasteiger partial charge >= 0.3 is 0 Å². The molecule has 0 saturated heterocycles. The first kappa shape index (κ1) is 23.0. The lowest BCUT2D eigenvalue weighted by molar-refractivity contribution is 0.102. The van der Waals surface area contributed by atoms with Crippen molar-refractivity contribution in [2.45, 2.75) is 0 Å². The van der Waals surface area contributed by atoms with E-state index >= 15 is 0 Å². The number of amides is 1. The molecule has 0 atom stereocenters. The molecule has 33 heavy (non-hydrogen) atoms. The number of methoxy groups -OCH3 is 1. The van der Waals surface area contributed by atoms with Crippen molar-refractivity contribution in [3.05, 3.63) is 88.2 Å². The number of thiazole rings is 1. The molecule has 168 valence electrons. The second kappa shape index (κ2) is 10.2. The molecule has 0 fully saturated rings. The number of rotatable bonds is 7. The summed E-state index contributed by atoms with van der Waals surface area (Å²) in [5.41, 5.74) is 2.39. The van der Waals surface area contributed by atoms with Gasteiger partial charge in [0.05, 0.1) is 29.7 Å². The van der Waals surface area contributed by atoms with Gasteiger partial charge in [0.2, 0.25) is 10.9 Å². The van der Waals surface area contributed by atoms with E-state index in [1.165, 1.54) is 30.6 Å². The Morgan fingerprint density at radius 3 is 2.45 bits per heavy atom. The highest BCUT2D eigenvalue weighted by Gasteiger charge is 2.22. The molecule has 1 amide bonds. The van der Waals surface area contributed by atoms with E-state index in [0.717, 1.165) is 20.0 Å². The molecule has 4 rings (SSSR count). The molecule has 0 radical (unpaired) electrons. The Morgan fingerprint density at radius 1 is 1.06 bits per heavy atom. The monoisotopic (exact) mass is 543 g/mol. The molecule has 1 heterocycles. The standard InChI is InChI=1S/C23H18BrN3O4S2/c1-31-18-11-12-19(21(13-18)27(33(29)30)17-9-7-16(24)8-10-17)22(28)26-23-25-20(14-32-23)15-5-3-2-4-6-15/h2-14,33H,1H3,(H,25,26,28). The lowest BCUT2D eigenvalue weighted by Crippen LogP contribution is -2.21. The number of nitrogens with zero attached hydrogens (tertiary/aromatic N) is 2. The van der Waals surface area contributed by atoms with E-state index in [1.54, 1.807) is 30.3 Å². The molecule has 10 heteroatoms. The number of carbonyl (C=O) groups is 1. The predicted molar refractivity (Wildman–Crippen MR) is 135 cm³/mol. The molecule has 0 aliphatic rings. The first-order chi connectivity index (χ1) is 16.0. The number of nitrogens with one attached hydrogen (secondary N) is 1. The quantitative estimate of drug-likeness (QED) is 0.300. The number of thiol groups is 1. The van der Waals surface area contributed by atoms with Crippen molar-refractivity contribution in [3.63, 3.8) is 0 Å². The fourth-order valence-corrected chi connectivity index (χ4v) is 4.79. The van der Waals surface area contributed by atoms with Gasteiger partial charge in [-0.3, -0.25) is 10.1 Å². The molecule has 0 aliphatic heterocycles. The van der Waals surface area contributed by atoms with Gasteiger partial charge in [0.25, 0.3) is 5.91 Å². The van der Waals surface area contributed by atoms with Gasteiger partial charge in [-0.15, -0.1) is 11.3 Å². The van der Waals surface area contributed by atoms with Crippen LogP contribution >= 0.6 is 27.3 Å². The molecule has 0 unspecified atom stereocenters. The highest BCUT2D eigenvalue weighted by Crippen LogP contribution is 2.34. The van der Waals surface area contributed by atoms with E-state index in [2.05, 4.69) is 26.2 Å². The van der Waals surface area contributed by atoms with Gasteiger partial charge in [0.15, 0.2) is 5.13 Å². The van der Waals surface area contributed by atoms with Gasteiger partial charge in [-0.2, -0.15) is 0 Å². The Balaban J connectivity index is 1.70. The predicted octanol–water partition coefficient (Wildman–Crippen LogP) is 5.50. The summed E-state index contributed by atoms with van der Waals surface area (Å²) in [4.78, 5) is 17.7. The van der Waals surface area contributed by atoms with Crippen LogP contribution in [0.25, 0.3) is 11.3 Å². The largest absolute Gasteiger partial charge is 0.497 e. The lowest BCUT2D eigenvalue weighted by Gasteiger charge is -2.21. The lowest BCUT2D eigenvalue weighted by atomic mass is 10.1. The normalized spacial score (nSPS) is 10.8. The summed E-state index contributed by atoms with van der Waals surface area (Å²) < 4.78 is 31.6. The van der Waals surface area contributed by atoms with Crippen molar-refractivity contribution in [1.82, 2.24) is 4.98 Å². The van der Waals surface area contributed by atoms with E-state index in [1.807, 2.05) is 35.7 Å². The number of hydrogen-bond donors (Lipinski definition) is 2. The van der Waals surface area contributed by atoms with Crippen LogP contribution in [0.4, 0.5) is 16.5 Å². The zero-order valence-corrected chi connectivity index (χ0v) is 20.6. The minimum Gasteiger partial charge on any atom is -0.497 e. The average molecular weight is 544 g/mol. The second-order valence-electron chi connectivity index (χ2n) is 6.77. The molecule has 1 aromatic heterocycles. The molecule has 0 spiro atoms. The molecule has 4 aromatic rings. The van der Waals surface area contributed by atoms with E-state index < -0.39 is 16.8 Å². The zero-order chi connectivity index (χ0) is 23.4. The summed E-state index contributed by atoms with van der Waals surface area (Å²) in [6.45, 7) is 0. The maximum Gasteiger partial charge on any atom is 0.259 e. The van der Waals surface area contributed by atoms with Crippen molar-refractivity contribution < 1.29 is 17.9 Å². The van der Waals surface area contributed by atoms with E-state index in [4.69, 9.17) is 4.74 Å². The number of halogens is 1. The number of aromatic nitrogens is 1. The molecular weight excluding hydrogens is 526 g/mol. The number of carbonyl (C=O) groups excluding carboxylic acids is 1. The Morgan fingerprint density at radius 2 is 1.79 bits per heavy atom. The fraction of sp³-hybridized carbons (Fsp3) is 0.0435. The number of ether oxygens (including phenoxy) is 1. The van der Waals surface area contributed by atoms with Gasteiger partial charge in [0.1, 0.15) is 5.75 Å². The van der Waals surface area contributed by atoms with Crippen molar-refractivity contribution >= 4 is 60.6 Å². The summed E-state index contributed by atoms with van der Waals surface area (Å²) in [6.07, 6.45) is 0. The van der Waals surface area contributed by atoms with Crippen molar-refractivity contribution in [2.75, 3.05) is 16.7 Å². The van der Waals surface area contributed by atoms with Gasteiger partial charge in [0, 0.05) is 21.5 Å². The van der Waals surface area contributed by atoms with Crippen LogP contribution in [0.2, 0.25) is 0 Å². The third kappa shape index (κ3) is 5.24. The van der Waals surface area contributed by atoms with E-state index in [0.29, 0.717) is 16.6 Å². The highest BCUT2D eigenvalue weighted by atomic mass is 79.9. The van der Waals surface area contributed by atoms with Gasteiger partial charge in [-0.05, 0) is 36.4 Å². The van der Waals surface area contributed by atoms with Crippen LogP contribution in [-0.4, -0.2) is 26.4 Å². The highest BCUT2D eigenvalue weighted by molar-refractivity contribution is 9.10. The smallest absolute Gasteiger partial charge is 0.259 e. The summed E-state index contributed by atoms with van der Waals surface area (Å²) in [7, 11) is -1.63. The molecule has 7 nitrogen and oxygen atoms in total. The zero-order valence-electron chi connectivity index (χ0n) is 17.3.